The molecular formula is C9H8FNO2. The van der Waals surface area contributed by atoms with Crippen LogP contribution in [0.2, 0.25) is 0 Å². The molecule has 0 aromatic carbocycles. The molecule has 2 heterocycles. The molecule has 13 heavy (non-hydrogen) atoms. The minimum atomic E-state index is -0.445. The third-order valence-electron chi connectivity index (χ3n) is 1.71. The predicted molar refractivity (Wildman–Crippen MR) is 45.3 cm³/mol. The highest BCUT2D eigenvalue weighted by Crippen LogP contribution is 2.29. The lowest BCUT2D eigenvalue weighted by molar-refractivity contribution is 0.163. The molecule has 0 spiro atoms. The van der Waals surface area contributed by atoms with Gasteiger partial charge in [-0.2, -0.15) is 0 Å². The number of nitrogens with zero attached hydrogens (tertiary/aromatic N) is 1. The van der Waals surface area contributed by atoms with E-state index in [1.54, 1.807) is 0 Å². The van der Waals surface area contributed by atoms with Crippen LogP contribution in [0.5, 0.6) is 11.6 Å². The molecule has 0 unspecified atom stereocenters. The first-order chi connectivity index (χ1) is 6.31. The van der Waals surface area contributed by atoms with Gasteiger partial charge in [0.2, 0.25) is 0 Å². The Morgan fingerprint density at radius 1 is 1.46 bits per heavy atom. The second kappa shape index (κ2) is 3.05. The van der Waals surface area contributed by atoms with Crippen LogP contribution >= 0.6 is 0 Å². The van der Waals surface area contributed by atoms with E-state index in [1.165, 1.54) is 12.1 Å². The van der Waals surface area contributed by atoms with Crippen molar-refractivity contribution in [1.82, 2.24) is 4.98 Å². The summed E-state index contributed by atoms with van der Waals surface area (Å²) < 4.78 is 23.4. The van der Waals surface area contributed by atoms with Crippen molar-refractivity contribution in [1.29, 1.82) is 0 Å². The van der Waals surface area contributed by atoms with Gasteiger partial charge in [-0.05, 0) is 6.08 Å². The van der Waals surface area contributed by atoms with Gasteiger partial charge in [-0.3, -0.25) is 0 Å². The van der Waals surface area contributed by atoms with E-state index in [2.05, 4.69) is 11.6 Å². The van der Waals surface area contributed by atoms with Crippen LogP contribution < -0.4 is 9.47 Å². The molecule has 68 valence electrons. The van der Waals surface area contributed by atoms with Gasteiger partial charge in [-0.25, -0.2) is 9.37 Å². The first-order valence-electron chi connectivity index (χ1n) is 3.90. The van der Waals surface area contributed by atoms with E-state index < -0.39 is 5.82 Å². The lowest BCUT2D eigenvalue weighted by Gasteiger charge is -2.17. The van der Waals surface area contributed by atoms with Crippen molar-refractivity contribution in [3.63, 3.8) is 0 Å². The van der Waals surface area contributed by atoms with Gasteiger partial charge in [-0.1, -0.05) is 6.58 Å². The van der Waals surface area contributed by atoms with Gasteiger partial charge < -0.3 is 9.47 Å². The minimum absolute atomic E-state index is 0.184. The van der Waals surface area contributed by atoms with Crippen molar-refractivity contribution in [3.05, 3.63) is 24.2 Å². The summed E-state index contributed by atoms with van der Waals surface area (Å²) in [7, 11) is 0. The molecule has 0 N–H and O–H groups in total. The maximum Gasteiger partial charge on any atom is 0.257 e. The lowest BCUT2D eigenvalue weighted by atomic mass is 10.3. The van der Waals surface area contributed by atoms with E-state index in [1.807, 2.05) is 0 Å². The Labute approximate surface area is 74.8 Å². The number of fused-ring (bicyclic) bond motifs is 1. The molecule has 1 aromatic heterocycles. The molecule has 0 fully saturated rings. The average Bonchev–Trinajstić information content (AvgIpc) is 2.17. The summed E-state index contributed by atoms with van der Waals surface area (Å²) >= 11 is 0. The molecule has 0 saturated heterocycles. The fourth-order valence-corrected chi connectivity index (χ4v) is 1.11. The van der Waals surface area contributed by atoms with Gasteiger partial charge in [0.25, 0.3) is 5.88 Å². The van der Waals surface area contributed by atoms with E-state index in [4.69, 9.17) is 9.47 Å². The maximum atomic E-state index is 13.1. The van der Waals surface area contributed by atoms with Gasteiger partial charge in [-0.15, -0.1) is 0 Å². The molecule has 0 amide bonds. The van der Waals surface area contributed by atoms with Crippen LogP contribution in [0.3, 0.4) is 0 Å². The van der Waals surface area contributed by atoms with E-state index in [0.717, 1.165) is 0 Å². The molecule has 0 bridgehead atoms. The SMILES string of the molecule is C=Cc1nc2c(cc1F)OCCO2. The van der Waals surface area contributed by atoms with E-state index in [0.29, 0.717) is 24.8 Å². The molecular weight excluding hydrogens is 173 g/mol. The smallest absolute Gasteiger partial charge is 0.257 e. The summed E-state index contributed by atoms with van der Waals surface area (Å²) in [6.45, 7) is 4.32. The van der Waals surface area contributed by atoms with E-state index >= 15 is 0 Å². The number of hydrogen-bond acceptors (Lipinski definition) is 3. The van der Waals surface area contributed by atoms with E-state index in [-0.39, 0.29) is 5.69 Å². The topological polar surface area (TPSA) is 31.4 Å². The monoisotopic (exact) mass is 181 g/mol. The Morgan fingerprint density at radius 3 is 3.00 bits per heavy atom. The van der Waals surface area contributed by atoms with Gasteiger partial charge in [0, 0.05) is 6.07 Å². The van der Waals surface area contributed by atoms with Gasteiger partial charge in [0.15, 0.2) is 11.6 Å². The minimum Gasteiger partial charge on any atom is -0.484 e. The van der Waals surface area contributed by atoms with Crippen LogP contribution in [0.25, 0.3) is 6.08 Å². The van der Waals surface area contributed by atoms with Crippen LogP contribution in [0.15, 0.2) is 12.6 Å². The molecule has 0 atom stereocenters. The quantitative estimate of drug-likeness (QED) is 0.659. The number of aromatic nitrogens is 1. The van der Waals surface area contributed by atoms with Crippen molar-refractivity contribution < 1.29 is 13.9 Å². The van der Waals surface area contributed by atoms with Crippen LogP contribution in [0.4, 0.5) is 4.39 Å². The number of halogens is 1. The van der Waals surface area contributed by atoms with Crippen LogP contribution in [-0.2, 0) is 0 Å². The largest absolute Gasteiger partial charge is 0.484 e. The molecule has 0 aliphatic carbocycles. The zero-order chi connectivity index (χ0) is 9.26. The normalized spacial score (nSPS) is 13.9. The van der Waals surface area contributed by atoms with Crippen LogP contribution in [-0.4, -0.2) is 18.2 Å². The maximum absolute atomic E-state index is 13.1. The molecule has 3 nitrogen and oxygen atoms in total. The van der Waals surface area contributed by atoms with Gasteiger partial charge in [0.1, 0.15) is 18.9 Å². The molecule has 0 saturated carbocycles. The third-order valence-corrected chi connectivity index (χ3v) is 1.71. The zero-order valence-corrected chi connectivity index (χ0v) is 6.92. The number of rotatable bonds is 1. The average molecular weight is 181 g/mol. The van der Waals surface area contributed by atoms with Crippen molar-refractivity contribution >= 4 is 6.08 Å². The molecule has 1 aromatic rings. The number of ether oxygens (including phenoxy) is 2. The zero-order valence-electron chi connectivity index (χ0n) is 6.92. The van der Waals surface area contributed by atoms with Gasteiger partial charge >= 0.3 is 0 Å². The Hall–Kier alpha value is -1.58. The summed E-state index contributed by atoms with van der Waals surface area (Å²) in [5.41, 5.74) is 0.184. The summed E-state index contributed by atoms with van der Waals surface area (Å²) in [5.74, 6) is 0.246. The Kier molecular flexibility index (Phi) is 1.88. The Bertz CT molecular complexity index is 352. The second-order valence-corrected chi connectivity index (χ2v) is 2.56. The highest BCUT2D eigenvalue weighted by Gasteiger charge is 2.15. The molecule has 4 heteroatoms. The van der Waals surface area contributed by atoms with Crippen molar-refractivity contribution in [2.45, 2.75) is 0 Å². The summed E-state index contributed by atoms with van der Waals surface area (Å²) in [6.07, 6.45) is 1.34. The molecule has 1 aliphatic rings. The van der Waals surface area contributed by atoms with E-state index in [9.17, 15) is 4.39 Å². The fourth-order valence-electron chi connectivity index (χ4n) is 1.11. The number of pyridine rings is 1. The second-order valence-electron chi connectivity index (χ2n) is 2.56. The standard InChI is InChI=1S/C9H8FNO2/c1-2-7-6(10)5-8-9(11-7)13-4-3-12-8/h2,5H,1,3-4H2. The Morgan fingerprint density at radius 2 is 2.23 bits per heavy atom. The predicted octanol–water partition coefficient (Wildman–Crippen LogP) is 1.63. The lowest BCUT2D eigenvalue weighted by Crippen LogP contribution is -2.17. The molecule has 0 radical (unpaired) electrons. The van der Waals surface area contributed by atoms with Crippen LogP contribution in [0, 0.1) is 5.82 Å². The Balaban J connectivity index is 2.50. The van der Waals surface area contributed by atoms with Crippen molar-refractivity contribution in [3.8, 4) is 11.6 Å². The highest BCUT2D eigenvalue weighted by molar-refractivity contribution is 5.48. The number of hydrogen-bond donors (Lipinski definition) is 0. The molecule has 2 rings (SSSR count). The van der Waals surface area contributed by atoms with Gasteiger partial charge in [0.05, 0.1) is 0 Å². The van der Waals surface area contributed by atoms with Crippen molar-refractivity contribution in [2.75, 3.05) is 13.2 Å². The summed E-state index contributed by atoms with van der Waals surface area (Å²) in [6, 6.07) is 1.26. The third kappa shape index (κ3) is 1.35. The summed E-state index contributed by atoms with van der Waals surface area (Å²) in [4.78, 5) is 3.89. The van der Waals surface area contributed by atoms with Crippen LogP contribution in [0.1, 0.15) is 5.69 Å². The fraction of sp³-hybridized carbons (Fsp3) is 0.222. The first-order valence-corrected chi connectivity index (χ1v) is 3.90. The molecule has 1 aliphatic heterocycles. The highest BCUT2D eigenvalue weighted by atomic mass is 19.1. The van der Waals surface area contributed by atoms with Crippen molar-refractivity contribution in [2.24, 2.45) is 0 Å². The first kappa shape index (κ1) is 8.04. The summed E-state index contributed by atoms with van der Waals surface area (Å²) in [5, 5.41) is 0.